The van der Waals surface area contributed by atoms with Crippen LogP contribution in [0.4, 0.5) is 4.39 Å². The number of hydrogen-bond donors (Lipinski definition) is 0. The van der Waals surface area contributed by atoms with E-state index in [2.05, 4.69) is 17.0 Å². The van der Waals surface area contributed by atoms with E-state index in [1.165, 1.54) is 69.9 Å². The molecule has 1 saturated heterocycles. The summed E-state index contributed by atoms with van der Waals surface area (Å²) in [6.07, 6.45) is 17.7. The summed E-state index contributed by atoms with van der Waals surface area (Å²) >= 11 is 0. The molecule has 252 valence electrons. The van der Waals surface area contributed by atoms with Gasteiger partial charge < -0.3 is 14.2 Å². The molecule has 0 aliphatic carbocycles. The van der Waals surface area contributed by atoms with Gasteiger partial charge in [0.25, 0.3) is 5.56 Å². The molecule has 5 rings (SSSR count). The monoisotopic (exact) mass is 636 g/mol. The van der Waals surface area contributed by atoms with Gasteiger partial charge in [-0.3, -0.25) is 14.2 Å². The SMILES string of the molecule is CCCCCCCCCCCCCC(=O)O[C@@H]1CCCn2c1nc(C)c(CCN1CCC(c3noc4cc(F)ccc34)CC1)c2=O. The number of unbranched alkanes of at least 4 members (excludes halogenated alkanes) is 10. The van der Waals surface area contributed by atoms with Crippen LogP contribution >= 0.6 is 0 Å². The van der Waals surface area contributed by atoms with Crippen LogP contribution < -0.4 is 5.56 Å². The zero-order chi connectivity index (χ0) is 32.3. The lowest BCUT2D eigenvalue weighted by molar-refractivity contribution is -0.151. The minimum atomic E-state index is -0.447. The molecule has 9 heteroatoms. The Morgan fingerprint density at radius 2 is 1.67 bits per heavy atom. The number of hydrogen-bond acceptors (Lipinski definition) is 7. The molecule has 1 atom stereocenters. The van der Waals surface area contributed by atoms with Gasteiger partial charge in [-0.25, -0.2) is 9.37 Å². The zero-order valence-electron chi connectivity index (χ0n) is 28.0. The molecule has 4 heterocycles. The molecule has 0 N–H and O–H groups in total. The summed E-state index contributed by atoms with van der Waals surface area (Å²) in [5.74, 6) is 0.374. The first kappa shape index (κ1) is 34.3. The van der Waals surface area contributed by atoms with E-state index < -0.39 is 6.10 Å². The second-order valence-corrected chi connectivity index (χ2v) is 13.5. The molecule has 8 nitrogen and oxygen atoms in total. The predicted octanol–water partition coefficient (Wildman–Crippen LogP) is 8.33. The van der Waals surface area contributed by atoms with Gasteiger partial charge in [0.2, 0.25) is 0 Å². The number of carbonyl (C=O) groups is 1. The quantitative estimate of drug-likeness (QED) is 0.109. The van der Waals surface area contributed by atoms with Crippen LogP contribution in [0, 0.1) is 12.7 Å². The Balaban J connectivity index is 1.05. The fraction of sp³-hybridized carbons (Fsp3) is 0.676. The van der Waals surface area contributed by atoms with Gasteiger partial charge in [0.15, 0.2) is 17.5 Å². The van der Waals surface area contributed by atoms with Crippen molar-refractivity contribution in [3.63, 3.8) is 0 Å². The summed E-state index contributed by atoms with van der Waals surface area (Å²) in [7, 11) is 0. The first-order valence-corrected chi connectivity index (χ1v) is 18.0. The number of aryl methyl sites for hydroxylation is 1. The molecule has 0 amide bonds. The van der Waals surface area contributed by atoms with E-state index in [1.54, 1.807) is 10.6 Å². The van der Waals surface area contributed by atoms with Crippen molar-refractivity contribution in [1.82, 2.24) is 19.6 Å². The summed E-state index contributed by atoms with van der Waals surface area (Å²) in [4.78, 5) is 33.5. The lowest BCUT2D eigenvalue weighted by Crippen LogP contribution is -2.38. The van der Waals surface area contributed by atoms with Crippen molar-refractivity contribution >= 4 is 16.9 Å². The smallest absolute Gasteiger partial charge is 0.306 e. The molecular formula is C37H53FN4O4. The number of rotatable bonds is 17. The van der Waals surface area contributed by atoms with Crippen LogP contribution in [0.25, 0.3) is 11.0 Å². The fourth-order valence-electron chi connectivity index (χ4n) is 7.22. The van der Waals surface area contributed by atoms with Crippen molar-refractivity contribution in [2.24, 2.45) is 0 Å². The van der Waals surface area contributed by atoms with Gasteiger partial charge in [0.05, 0.1) is 5.69 Å². The summed E-state index contributed by atoms with van der Waals surface area (Å²) < 4.78 is 26.6. The minimum Gasteiger partial charge on any atom is -0.454 e. The lowest BCUT2D eigenvalue weighted by Gasteiger charge is -2.31. The van der Waals surface area contributed by atoms with Gasteiger partial charge in [0, 0.05) is 48.1 Å². The second-order valence-electron chi connectivity index (χ2n) is 13.5. The molecule has 0 saturated carbocycles. The highest BCUT2D eigenvalue weighted by atomic mass is 19.1. The fourth-order valence-corrected chi connectivity index (χ4v) is 7.22. The van der Waals surface area contributed by atoms with Crippen molar-refractivity contribution in [2.75, 3.05) is 19.6 Å². The third-order valence-electron chi connectivity index (χ3n) is 10.0. The van der Waals surface area contributed by atoms with E-state index in [4.69, 9.17) is 14.2 Å². The van der Waals surface area contributed by atoms with E-state index in [-0.39, 0.29) is 23.3 Å². The lowest BCUT2D eigenvalue weighted by atomic mass is 9.91. The molecule has 3 aromatic rings. The number of benzene rings is 1. The Kier molecular flexibility index (Phi) is 12.8. The van der Waals surface area contributed by atoms with Crippen LogP contribution in [0.5, 0.6) is 0 Å². The number of ether oxygens (including phenoxy) is 1. The van der Waals surface area contributed by atoms with Crippen molar-refractivity contribution < 1.29 is 18.4 Å². The topological polar surface area (TPSA) is 90.5 Å². The van der Waals surface area contributed by atoms with Crippen LogP contribution in [-0.4, -0.2) is 45.2 Å². The van der Waals surface area contributed by atoms with Crippen LogP contribution in [0.1, 0.15) is 144 Å². The highest BCUT2D eigenvalue weighted by molar-refractivity contribution is 5.79. The third-order valence-corrected chi connectivity index (χ3v) is 10.0. The molecular weight excluding hydrogens is 583 g/mol. The molecule has 46 heavy (non-hydrogen) atoms. The number of carbonyl (C=O) groups excluding carboxylic acids is 1. The Morgan fingerprint density at radius 3 is 2.39 bits per heavy atom. The van der Waals surface area contributed by atoms with Crippen molar-refractivity contribution in [1.29, 1.82) is 0 Å². The average Bonchev–Trinajstić information content (AvgIpc) is 3.47. The highest BCUT2D eigenvalue weighted by Crippen LogP contribution is 2.33. The number of nitrogens with zero attached hydrogens (tertiary/aromatic N) is 4. The standard InChI is InChI=1S/C37H53FN4O4/c1-3-4-5-6-7-8-9-10-11-12-13-16-34(43)45-32-15-14-22-42-36(32)39-27(2)30(37(42)44)21-25-41-23-19-28(20-24-41)35-31-18-17-29(38)26-33(31)46-40-35/h17-18,26,28,32H,3-16,19-25H2,1-2H3/t32-/m1/s1. The highest BCUT2D eigenvalue weighted by Gasteiger charge is 2.29. The Morgan fingerprint density at radius 1 is 0.978 bits per heavy atom. The van der Waals surface area contributed by atoms with E-state index in [9.17, 15) is 14.0 Å². The van der Waals surface area contributed by atoms with Crippen LogP contribution in [-0.2, 0) is 22.5 Å². The molecule has 0 unspecified atom stereocenters. The van der Waals surface area contributed by atoms with Crippen LogP contribution in [0.2, 0.25) is 0 Å². The normalized spacial score (nSPS) is 17.4. The molecule has 1 aromatic carbocycles. The van der Waals surface area contributed by atoms with Gasteiger partial charge in [-0.2, -0.15) is 0 Å². The van der Waals surface area contributed by atoms with E-state index in [0.717, 1.165) is 74.1 Å². The number of piperidine rings is 1. The first-order valence-electron chi connectivity index (χ1n) is 18.0. The maximum Gasteiger partial charge on any atom is 0.306 e. The van der Waals surface area contributed by atoms with E-state index in [0.29, 0.717) is 37.2 Å². The molecule has 2 aliphatic rings. The molecule has 2 aromatic heterocycles. The maximum absolute atomic E-state index is 13.6. The largest absolute Gasteiger partial charge is 0.454 e. The van der Waals surface area contributed by atoms with Crippen molar-refractivity contribution in [2.45, 2.75) is 142 Å². The third kappa shape index (κ3) is 9.05. The summed E-state index contributed by atoms with van der Waals surface area (Å²) in [5.41, 5.74) is 2.90. The van der Waals surface area contributed by atoms with Crippen molar-refractivity contribution in [3.05, 3.63) is 57.1 Å². The Bertz CT molecular complexity index is 1480. The average molecular weight is 637 g/mol. The number of esters is 1. The second kappa shape index (κ2) is 17.2. The molecule has 0 spiro atoms. The zero-order valence-corrected chi connectivity index (χ0v) is 28.0. The molecule has 0 radical (unpaired) electrons. The first-order chi connectivity index (χ1) is 22.4. The molecule has 0 bridgehead atoms. The predicted molar refractivity (Wildman–Crippen MR) is 178 cm³/mol. The van der Waals surface area contributed by atoms with Gasteiger partial charge in [-0.05, 0) is 70.7 Å². The number of fused-ring (bicyclic) bond motifs is 2. The van der Waals surface area contributed by atoms with E-state index in [1.807, 2.05) is 6.92 Å². The number of likely N-dealkylation sites (tertiary alicyclic amines) is 1. The Hall–Kier alpha value is -3.07. The molecule has 2 aliphatic heterocycles. The Labute approximate surface area is 273 Å². The van der Waals surface area contributed by atoms with Gasteiger partial charge >= 0.3 is 5.97 Å². The van der Waals surface area contributed by atoms with Crippen LogP contribution in [0.15, 0.2) is 27.5 Å². The van der Waals surface area contributed by atoms with Gasteiger partial charge in [0.1, 0.15) is 5.82 Å². The minimum absolute atomic E-state index is 0.00444. The van der Waals surface area contributed by atoms with Gasteiger partial charge in [-0.1, -0.05) is 76.3 Å². The van der Waals surface area contributed by atoms with E-state index >= 15 is 0 Å². The van der Waals surface area contributed by atoms with Crippen molar-refractivity contribution in [3.8, 4) is 0 Å². The number of halogens is 1. The van der Waals surface area contributed by atoms with Gasteiger partial charge in [-0.15, -0.1) is 0 Å². The summed E-state index contributed by atoms with van der Waals surface area (Å²) in [5, 5.41) is 5.15. The molecule has 1 fully saturated rings. The maximum atomic E-state index is 13.6. The summed E-state index contributed by atoms with van der Waals surface area (Å²) in [6.45, 7) is 7.35. The number of aromatic nitrogens is 3. The van der Waals surface area contributed by atoms with Crippen LogP contribution in [0.3, 0.4) is 0 Å². The summed E-state index contributed by atoms with van der Waals surface area (Å²) in [6, 6.07) is 4.60.